The second-order valence-electron chi connectivity index (χ2n) is 1.56. The summed E-state index contributed by atoms with van der Waals surface area (Å²) in [7, 11) is 0. The Morgan fingerprint density at radius 1 is 1.78 bits per heavy atom. The summed E-state index contributed by atoms with van der Waals surface area (Å²) in [6, 6.07) is 0. The Balaban J connectivity index is 0.000000640. The van der Waals surface area contributed by atoms with E-state index in [1.54, 1.807) is 11.3 Å². The lowest BCUT2D eigenvalue weighted by Gasteiger charge is -1.80. The smallest absolute Gasteiger partial charge is 0.0897 e. The highest BCUT2D eigenvalue weighted by Crippen LogP contribution is 2.05. The molecule has 0 radical (unpaired) electrons. The average Bonchev–Trinajstić information content (AvgIpc) is 2.14. The summed E-state index contributed by atoms with van der Waals surface area (Å²) < 4.78 is 0. The van der Waals surface area contributed by atoms with Crippen molar-refractivity contribution in [2.24, 2.45) is 5.73 Å². The molecule has 0 saturated heterocycles. The first-order valence-corrected chi connectivity index (χ1v) is 3.32. The maximum atomic E-state index is 5.31. The van der Waals surface area contributed by atoms with Crippen LogP contribution in [-0.4, -0.2) is 4.98 Å². The third-order valence-corrected chi connectivity index (χ3v) is 1.70. The molecule has 0 aromatic carbocycles. The number of aromatic nitrogens is 1. The summed E-state index contributed by atoms with van der Waals surface area (Å²) in [5.74, 6) is 0. The van der Waals surface area contributed by atoms with Crippen molar-refractivity contribution >= 4 is 23.7 Å². The zero-order chi connectivity index (χ0) is 5.98. The Kier molecular flexibility index (Phi) is 3.77. The van der Waals surface area contributed by atoms with Crippen LogP contribution in [-0.2, 0) is 6.54 Å². The first kappa shape index (κ1) is 8.88. The SMILES string of the molecule is Cc1nc(CN)cs1.Cl. The fourth-order valence-corrected chi connectivity index (χ4v) is 1.13. The van der Waals surface area contributed by atoms with Crippen molar-refractivity contribution in [3.8, 4) is 0 Å². The lowest BCUT2D eigenvalue weighted by Crippen LogP contribution is -1.95. The molecule has 0 unspecified atom stereocenters. The van der Waals surface area contributed by atoms with Gasteiger partial charge in [0.15, 0.2) is 0 Å². The van der Waals surface area contributed by atoms with Gasteiger partial charge in [0.25, 0.3) is 0 Å². The largest absolute Gasteiger partial charge is 0.325 e. The molecule has 0 saturated carbocycles. The number of rotatable bonds is 1. The van der Waals surface area contributed by atoms with Crippen LogP contribution in [0.1, 0.15) is 10.7 Å². The molecule has 0 atom stereocenters. The number of nitrogens with zero attached hydrogens (tertiary/aromatic N) is 1. The highest BCUT2D eigenvalue weighted by molar-refractivity contribution is 7.09. The number of halogens is 1. The van der Waals surface area contributed by atoms with E-state index < -0.39 is 0 Å². The van der Waals surface area contributed by atoms with Crippen LogP contribution in [0.5, 0.6) is 0 Å². The van der Waals surface area contributed by atoms with Crippen molar-refractivity contribution < 1.29 is 0 Å². The van der Waals surface area contributed by atoms with Crippen LogP contribution in [0.25, 0.3) is 0 Å². The molecule has 2 nitrogen and oxygen atoms in total. The summed E-state index contributed by atoms with van der Waals surface area (Å²) in [6.45, 7) is 2.54. The molecule has 1 rings (SSSR count). The molecule has 0 aliphatic heterocycles. The minimum atomic E-state index is 0. The van der Waals surface area contributed by atoms with Gasteiger partial charge in [0.1, 0.15) is 0 Å². The Bertz CT molecular complexity index is 175. The van der Waals surface area contributed by atoms with Gasteiger partial charge in [-0.25, -0.2) is 4.98 Å². The fraction of sp³-hybridized carbons (Fsp3) is 0.400. The van der Waals surface area contributed by atoms with Gasteiger partial charge in [-0.1, -0.05) is 0 Å². The summed E-state index contributed by atoms with van der Waals surface area (Å²) in [4.78, 5) is 4.12. The Morgan fingerprint density at radius 2 is 2.44 bits per heavy atom. The molecular formula is C5H9ClN2S. The predicted molar refractivity (Wildman–Crippen MR) is 42.0 cm³/mol. The highest BCUT2D eigenvalue weighted by Gasteiger charge is 1.91. The van der Waals surface area contributed by atoms with Crippen LogP contribution in [0.3, 0.4) is 0 Å². The van der Waals surface area contributed by atoms with Crippen LogP contribution in [0.15, 0.2) is 5.38 Å². The molecule has 1 aromatic rings. The van der Waals surface area contributed by atoms with Crippen LogP contribution in [0.2, 0.25) is 0 Å². The lowest BCUT2D eigenvalue weighted by atomic mass is 10.5. The van der Waals surface area contributed by atoms with Gasteiger partial charge in [0.05, 0.1) is 10.7 Å². The number of thiazole rings is 1. The number of aryl methyl sites for hydroxylation is 1. The molecule has 2 N–H and O–H groups in total. The van der Waals surface area contributed by atoms with E-state index in [0.29, 0.717) is 6.54 Å². The average molecular weight is 165 g/mol. The van der Waals surface area contributed by atoms with Gasteiger partial charge in [-0.3, -0.25) is 0 Å². The molecular weight excluding hydrogens is 156 g/mol. The van der Waals surface area contributed by atoms with Gasteiger partial charge in [-0.2, -0.15) is 0 Å². The van der Waals surface area contributed by atoms with Crippen molar-refractivity contribution in [1.82, 2.24) is 4.98 Å². The molecule has 1 aromatic heterocycles. The summed E-state index contributed by atoms with van der Waals surface area (Å²) >= 11 is 1.64. The second kappa shape index (κ2) is 3.82. The zero-order valence-electron chi connectivity index (χ0n) is 5.13. The van der Waals surface area contributed by atoms with E-state index in [1.807, 2.05) is 12.3 Å². The van der Waals surface area contributed by atoms with Crippen molar-refractivity contribution in [3.63, 3.8) is 0 Å². The molecule has 0 spiro atoms. The highest BCUT2D eigenvalue weighted by atomic mass is 35.5. The van der Waals surface area contributed by atoms with Crippen LogP contribution >= 0.6 is 23.7 Å². The van der Waals surface area contributed by atoms with Gasteiger partial charge in [0, 0.05) is 11.9 Å². The van der Waals surface area contributed by atoms with E-state index in [1.165, 1.54) is 0 Å². The molecule has 0 amide bonds. The van der Waals surface area contributed by atoms with E-state index >= 15 is 0 Å². The monoisotopic (exact) mass is 164 g/mol. The van der Waals surface area contributed by atoms with E-state index in [0.717, 1.165) is 10.7 Å². The predicted octanol–water partition coefficient (Wildman–Crippen LogP) is 1.33. The minimum Gasteiger partial charge on any atom is -0.325 e. The van der Waals surface area contributed by atoms with Gasteiger partial charge >= 0.3 is 0 Å². The third kappa shape index (κ3) is 2.30. The Labute approximate surface area is 64.5 Å². The maximum Gasteiger partial charge on any atom is 0.0897 e. The van der Waals surface area contributed by atoms with Crippen molar-refractivity contribution in [1.29, 1.82) is 0 Å². The summed E-state index contributed by atoms with van der Waals surface area (Å²) in [6.07, 6.45) is 0. The fourth-order valence-electron chi connectivity index (χ4n) is 0.502. The number of hydrogen-bond donors (Lipinski definition) is 1. The first-order chi connectivity index (χ1) is 3.83. The topological polar surface area (TPSA) is 38.9 Å². The molecule has 52 valence electrons. The number of nitrogens with two attached hydrogens (primary N) is 1. The molecule has 0 fully saturated rings. The Hall–Kier alpha value is -0.120. The third-order valence-electron chi connectivity index (χ3n) is 0.876. The van der Waals surface area contributed by atoms with E-state index in [9.17, 15) is 0 Å². The van der Waals surface area contributed by atoms with E-state index in [2.05, 4.69) is 4.98 Å². The van der Waals surface area contributed by atoms with Crippen LogP contribution in [0, 0.1) is 6.92 Å². The normalized spacial score (nSPS) is 8.67. The van der Waals surface area contributed by atoms with Gasteiger partial charge in [0.2, 0.25) is 0 Å². The summed E-state index contributed by atoms with van der Waals surface area (Å²) in [5.41, 5.74) is 6.30. The summed E-state index contributed by atoms with van der Waals surface area (Å²) in [5, 5.41) is 3.07. The van der Waals surface area contributed by atoms with Gasteiger partial charge < -0.3 is 5.73 Å². The minimum absolute atomic E-state index is 0. The van der Waals surface area contributed by atoms with Crippen LogP contribution < -0.4 is 5.73 Å². The van der Waals surface area contributed by atoms with E-state index in [-0.39, 0.29) is 12.4 Å². The number of hydrogen-bond acceptors (Lipinski definition) is 3. The van der Waals surface area contributed by atoms with Crippen molar-refractivity contribution in [2.75, 3.05) is 0 Å². The van der Waals surface area contributed by atoms with Gasteiger partial charge in [-0.15, -0.1) is 23.7 Å². The second-order valence-corrected chi connectivity index (χ2v) is 2.62. The molecule has 0 aliphatic carbocycles. The van der Waals surface area contributed by atoms with Crippen LogP contribution in [0.4, 0.5) is 0 Å². The molecule has 0 aliphatic rings. The molecule has 9 heavy (non-hydrogen) atoms. The van der Waals surface area contributed by atoms with Crippen molar-refractivity contribution in [3.05, 3.63) is 16.1 Å². The molecule has 0 bridgehead atoms. The Morgan fingerprint density at radius 3 is 2.67 bits per heavy atom. The first-order valence-electron chi connectivity index (χ1n) is 2.44. The standard InChI is InChI=1S/C5H8N2S.ClH/c1-4-7-5(2-6)3-8-4;/h3H,2,6H2,1H3;1H. The molecule has 4 heteroatoms. The maximum absolute atomic E-state index is 5.31. The zero-order valence-corrected chi connectivity index (χ0v) is 6.76. The quantitative estimate of drug-likeness (QED) is 0.681. The van der Waals surface area contributed by atoms with E-state index in [4.69, 9.17) is 5.73 Å². The van der Waals surface area contributed by atoms with Crippen molar-refractivity contribution in [2.45, 2.75) is 13.5 Å². The van der Waals surface area contributed by atoms with Gasteiger partial charge in [-0.05, 0) is 6.92 Å². The lowest BCUT2D eigenvalue weighted by molar-refractivity contribution is 0.999. The molecule has 1 heterocycles.